The number of benzene rings is 1. The fourth-order valence-corrected chi connectivity index (χ4v) is 2.39. The Morgan fingerprint density at radius 2 is 2.00 bits per heavy atom. The molecule has 17 heavy (non-hydrogen) atoms. The maximum absolute atomic E-state index is 5.50. The van der Waals surface area contributed by atoms with Crippen LogP contribution in [0, 0.1) is 0 Å². The number of hydrogen-bond donors (Lipinski definition) is 1. The smallest absolute Gasteiger partial charge is 0.134 e. The van der Waals surface area contributed by atoms with Gasteiger partial charge in [-0.05, 0) is 47.4 Å². The van der Waals surface area contributed by atoms with Gasteiger partial charge in [0.1, 0.15) is 5.76 Å². The number of furan rings is 1. The van der Waals surface area contributed by atoms with Gasteiger partial charge in [-0.3, -0.25) is 0 Å². The minimum atomic E-state index is 0.250. The molecular formula is C14H16BrNO. The van der Waals surface area contributed by atoms with Gasteiger partial charge >= 0.3 is 0 Å². The van der Waals surface area contributed by atoms with Crippen molar-refractivity contribution >= 4 is 15.9 Å². The Morgan fingerprint density at radius 1 is 1.24 bits per heavy atom. The standard InChI is InChI=1S/C14H16BrNO/c1-16-13(14-12(15)9-10-17-14)8-7-11-5-3-2-4-6-11/h2-6,9-10,13,16H,7-8H2,1H3. The van der Waals surface area contributed by atoms with E-state index in [0.717, 1.165) is 23.1 Å². The summed E-state index contributed by atoms with van der Waals surface area (Å²) in [5, 5.41) is 3.29. The molecule has 2 rings (SSSR count). The number of nitrogens with one attached hydrogen (secondary N) is 1. The minimum Gasteiger partial charge on any atom is -0.466 e. The first-order valence-electron chi connectivity index (χ1n) is 5.75. The van der Waals surface area contributed by atoms with E-state index in [0.29, 0.717) is 0 Å². The Labute approximate surface area is 110 Å². The van der Waals surface area contributed by atoms with Gasteiger partial charge in [0.15, 0.2) is 0 Å². The van der Waals surface area contributed by atoms with Crippen LogP contribution < -0.4 is 5.32 Å². The summed E-state index contributed by atoms with van der Waals surface area (Å²) in [6.45, 7) is 0. The molecule has 1 unspecified atom stereocenters. The molecule has 1 aromatic carbocycles. The van der Waals surface area contributed by atoms with E-state index in [9.17, 15) is 0 Å². The van der Waals surface area contributed by atoms with Gasteiger partial charge in [0.25, 0.3) is 0 Å². The molecule has 0 spiro atoms. The second-order valence-corrected chi connectivity index (χ2v) is 4.85. The van der Waals surface area contributed by atoms with Gasteiger partial charge in [0.2, 0.25) is 0 Å². The summed E-state index contributed by atoms with van der Waals surface area (Å²) in [5.74, 6) is 0.975. The zero-order valence-electron chi connectivity index (χ0n) is 9.82. The lowest BCUT2D eigenvalue weighted by atomic mass is 10.0. The van der Waals surface area contributed by atoms with E-state index in [4.69, 9.17) is 4.42 Å². The van der Waals surface area contributed by atoms with E-state index in [1.165, 1.54) is 5.56 Å². The molecular weight excluding hydrogens is 278 g/mol. The Kier molecular flexibility index (Phi) is 4.40. The zero-order chi connectivity index (χ0) is 12.1. The van der Waals surface area contributed by atoms with E-state index in [1.807, 2.05) is 19.2 Å². The van der Waals surface area contributed by atoms with Crippen molar-refractivity contribution in [3.8, 4) is 0 Å². The van der Waals surface area contributed by atoms with Crippen molar-refractivity contribution in [1.82, 2.24) is 5.32 Å². The van der Waals surface area contributed by atoms with Crippen LogP contribution in [-0.4, -0.2) is 7.05 Å². The third kappa shape index (κ3) is 3.20. The predicted molar refractivity (Wildman–Crippen MR) is 73.0 cm³/mol. The summed E-state index contributed by atoms with van der Waals surface area (Å²) in [6.07, 6.45) is 3.78. The van der Waals surface area contributed by atoms with Crippen molar-refractivity contribution in [2.75, 3.05) is 7.05 Å². The Morgan fingerprint density at radius 3 is 2.59 bits per heavy atom. The Balaban J connectivity index is 2.00. The molecule has 2 aromatic rings. The molecule has 0 aliphatic carbocycles. The highest BCUT2D eigenvalue weighted by atomic mass is 79.9. The van der Waals surface area contributed by atoms with Gasteiger partial charge in [-0.1, -0.05) is 30.3 Å². The highest BCUT2D eigenvalue weighted by Gasteiger charge is 2.15. The first-order valence-corrected chi connectivity index (χ1v) is 6.54. The zero-order valence-corrected chi connectivity index (χ0v) is 11.4. The van der Waals surface area contributed by atoms with Gasteiger partial charge in [0.05, 0.1) is 16.8 Å². The van der Waals surface area contributed by atoms with Crippen LogP contribution in [0.25, 0.3) is 0 Å². The van der Waals surface area contributed by atoms with E-state index < -0.39 is 0 Å². The molecule has 0 amide bonds. The molecule has 1 aromatic heterocycles. The van der Waals surface area contributed by atoms with Crippen LogP contribution in [-0.2, 0) is 6.42 Å². The first kappa shape index (κ1) is 12.4. The average molecular weight is 294 g/mol. The molecule has 0 saturated carbocycles. The molecule has 0 aliphatic heterocycles. The highest BCUT2D eigenvalue weighted by Crippen LogP contribution is 2.27. The van der Waals surface area contributed by atoms with E-state index in [1.54, 1.807) is 6.26 Å². The van der Waals surface area contributed by atoms with Crippen LogP contribution in [0.3, 0.4) is 0 Å². The summed E-state index contributed by atoms with van der Waals surface area (Å²) in [4.78, 5) is 0. The van der Waals surface area contributed by atoms with Crippen molar-refractivity contribution in [2.24, 2.45) is 0 Å². The fraction of sp³-hybridized carbons (Fsp3) is 0.286. The van der Waals surface area contributed by atoms with Crippen molar-refractivity contribution in [3.05, 3.63) is 58.5 Å². The summed E-state index contributed by atoms with van der Waals surface area (Å²) < 4.78 is 6.53. The molecule has 0 radical (unpaired) electrons. The summed E-state index contributed by atoms with van der Waals surface area (Å²) in [5.41, 5.74) is 1.36. The lowest BCUT2D eigenvalue weighted by Gasteiger charge is -2.14. The van der Waals surface area contributed by atoms with E-state index in [-0.39, 0.29) is 6.04 Å². The molecule has 90 valence electrons. The molecule has 0 bridgehead atoms. The number of aryl methyl sites for hydroxylation is 1. The minimum absolute atomic E-state index is 0.250. The second-order valence-electron chi connectivity index (χ2n) is 4.00. The van der Waals surface area contributed by atoms with Gasteiger partial charge in [-0.15, -0.1) is 0 Å². The van der Waals surface area contributed by atoms with Crippen LogP contribution in [0.1, 0.15) is 23.8 Å². The number of halogens is 1. The molecule has 2 nitrogen and oxygen atoms in total. The second kappa shape index (κ2) is 6.03. The molecule has 1 N–H and O–H groups in total. The van der Waals surface area contributed by atoms with Gasteiger partial charge in [-0.25, -0.2) is 0 Å². The summed E-state index contributed by atoms with van der Waals surface area (Å²) in [7, 11) is 1.96. The third-order valence-corrected chi connectivity index (χ3v) is 3.53. The van der Waals surface area contributed by atoms with E-state index in [2.05, 4.69) is 45.5 Å². The van der Waals surface area contributed by atoms with Gasteiger partial charge in [0, 0.05) is 0 Å². The molecule has 0 saturated heterocycles. The quantitative estimate of drug-likeness (QED) is 0.903. The maximum atomic E-state index is 5.50. The lowest BCUT2D eigenvalue weighted by molar-refractivity contribution is 0.412. The van der Waals surface area contributed by atoms with Crippen LogP contribution in [0.4, 0.5) is 0 Å². The Hall–Kier alpha value is -1.06. The van der Waals surface area contributed by atoms with Crippen molar-refractivity contribution in [3.63, 3.8) is 0 Å². The molecule has 0 aliphatic rings. The molecule has 1 heterocycles. The molecule has 1 atom stereocenters. The van der Waals surface area contributed by atoms with Gasteiger partial charge < -0.3 is 9.73 Å². The number of hydrogen-bond acceptors (Lipinski definition) is 2. The summed E-state index contributed by atoms with van der Waals surface area (Å²) >= 11 is 3.50. The lowest BCUT2D eigenvalue weighted by Crippen LogP contribution is -2.16. The van der Waals surface area contributed by atoms with Crippen LogP contribution in [0.5, 0.6) is 0 Å². The Bertz CT molecular complexity index is 452. The average Bonchev–Trinajstić information content (AvgIpc) is 2.78. The van der Waals surface area contributed by atoms with Crippen LogP contribution in [0.2, 0.25) is 0 Å². The largest absolute Gasteiger partial charge is 0.466 e. The van der Waals surface area contributed by atoms with Crippen molar-refractivity contribution < 1.29 is 4.42 Å². The van der Waals surface area contributed by atoms with Crippen molar-refractivity contribution in [1.29, 1.82) is 0 Å². The fourth-order valence-electron chi connectivity index (χ4n) is 1.92. The first-order chi connectivity index (χ1) is 8.31. The van der Waals surface area contributed by atoms with Crippen molar-refractivity contribution in [2.45, 2.75) is 18.9 Å². The van der Waals surface area contributed by atoms with Crippen LogP contribution in [0.15, 0.2) is 51.6 Å². The summed E-state index contributed by atoms with van der Waals surface area (Å²) in [6, 6.07) is 12.7. The van der Waals surface area contributed by atoms with Crippen LogP contribution >= 0.6 is 15.9 Å². The topological polar surface area (TPSA) is 25.2 Å². The highest BCUT2D eigenvalue weighted by molar-refractivity contribution is 9.10. The van der Waals surface area contributed by atoms with Gasteiger partial charge in [-0.2, -0.15) is 0 Å². The van der Waals surface area contributed by atoms with E-state index >= 15 is 0 Å². The predicted octanol–water partition coefficient (Wildman–Crippen LogP) is 3.94. The monoisotopic (exact) mass is 293 g/mol. The molecule has 3 heteroatoms. The number of rotatable bonds is 5. The third-order valence-electron chi connectivity index (χ3n) is 2.87. The normalized spacial score (nSPS) is 12.6. The molecule has 0 fully saturated rings. The maximum Gasteiger partial charge on any atom is 0.134 e. The SMILES string of the molecule is CNC(CCc1ccccc1)c1occc1Br.